The molecule has 3 aromatic rings. The van der Waals surface area contributed by atoms with Crippen molar-refractivity contribution in [2.75, 3.05) is 25.2 Å². The monoisotopic (exact) mass is 496 g/mol. The van der Waals surface area contributed by atoms with E-state index in [4.69, 9.17) is 11.6 Å². The average molecular weight is 497 g/mol. The molecule has 1 N–H and O–H groups in total. The summed E-state index contributed by atoms with van der Waals surface area (Å²) in [5.41, 5.74) is 1.57. The Kier molecular flexibility index (Phi) is 6.28. The Balaban J connectivity index is 1.53. The van der Waals surface area contributed by atoms with Gasteiger partial charge < -0.3 is 5.32 Å². The molecule has 1 amide bonds. The molecule has 0 unspecified atom stereocenters. The second-order valence-electron chi connectivity index (χ2n) is 7.38. The van der Waals surface area contributed by atoms with Crippen LogP contribution >= 0.6 is 34.7 Å². The number of carbonyl (C=O) groups excluding carboxylic acids is 1. The summed E-state index contributed by atoms with van der Waals surface area (Å²) in [5, 5.41) is 4.88. The van der Waals surface area contributed by atoms with E-state index in [9.17, 15) is 13.2 Å². The van der Waals surface area contributed by atoms with Crippen LogP contribution in [0.4, 0.5) is 5.69 Å². The Morgan fingerprint density at radius 2 is 2.06 bits per heavy atom. The third-order valence-corrected chi connectivity index (χ3v) is 9.28. The normalized spacial score (nSPS) is 13.7. The highest BCUT2D eigenvalue weighted by Gasteiger charge is 2.23. The quantitative estimate of drug-likeness (QED) is 0.407. The molecule has 0 spiro atoms. The molecule has 164 valence electrons. The van der Waals surface area contributed by atoms with Gasteiger partial charge in [0.2, 0.25) is 15.9 Å². The zero-order valence-electron chi connectivity index (χ0n) is 17.2. The molecule has 1 aliphatic rings. The van der Waals surface area contributed by atoms with E-state index in [1.165, 1.54) is 54.5 Å². The Morgan fingerprint density at radius 3 is 2.81 bits per heavy atom. The number of benzene rings is 1. The highest BCUT2D eigenvalue weighted by molar-refractivity contribution is 8.00. The smallest absolute Gasteiger partial charge is 0.242 e. The Labute approximate surface area is 194 Å². The largest absolute Gasteiger partial charge is 0.324 e. The van der Waals surface area contributed by atoms with Crippen LogP contribution in [-0.2, 0) is 27.7 Å². The fraction of sp³-hybridized carbons (Fsp3) is 0.350. The van der Waals surface area contributed by atoms with Gasteiger partial charge in [-0.15, -0.1) is 11.3 Å². The summed E-state index contributed by atoms with van der Waals surface area (Å²) in [6.45, 7) is 1.85. The molecular weight excluding hydrogens is 476 g/mol. The van der Waals surface area contributed by atoms with Gasteiger partial charge in [-0.25, -0.2) is 22.7 Å². The summed E-state index contributed by atoms with van der Waals surface area (Å²) in [6.07, 6.45) is 3.23. The van der Waals surface area contributed by atoms with Gasteiger partial charge in [-0.2, -0.15) is 0 Å². The first-order chi connectivity index (χ1) is 14.7. The molecule has 0 fully saturated rings. The maximum atomic E-state index is 12.6. The molecule has 1 aliphatic carbocycles. The first kappa shape index (κ1) is 22.5. The number of aryl methyl sites for hydroxylation is 3. The number of anilines is 1. The molecule has 0 aliphatic heterocycles. The molecular formula is C20H21ClN4O3S3. The van der Waals surface area contributed by atoms with Gasteiger partial charge in [-0.3, -0.25) is 4.79 Å². The number of thioether (sulfide) groups is 1. The van der Waals surface area contributed by atoms with E-state index in [-0.39, 0.29) is 27.3 Å². The number of nitrogens with zero attached hydrogens (tertiary/aromatic N) is 3. The highest BCUT2D eigenvalue weighted by atomic mass is 35.5. The summed E-state index contributed by atoms with van der Waals surface area (Å²) in [4.78, 5) is 24.2. The molecule has 2 heterocycles. The van der Waals surface area contributed by atoms with Gasteiger partial charge in [-0.1, -0.05) is 23.4 Å². The molecule has 31 heavy (non-hydrogen) atoms. The maximum Gasteiger partial charge on any atom is 0.242 e. The van der Waals surface area contributed by atoms with Gasteiger partial charge in [-0.05, 0) is 49.9 Å². The van der Waals surface area contributed by atoms with Crippen molar-refractivity contribution in [1.82, 2.24) is 14.3 Å². The molecule has 0 saturated heterocycles. The predicted molar refractivity (Wildman–Crippen MR) is 126 cm³/mol. The predicted octanol–water partition coefficient (Wildman–Crippen LogP) is 4.12. The second-order valence-corrected chi connectivity index (χ2v) is 12.0. The lowest BCUT2D eigenvalue weighted by molar-refractivity contribution is -0.113. The number of sulfonamides is 1. The number of rotatable bonds is 6. The third-order valence-electron chi connectivity index (χ3n) is 4.97. The molecule has 0 atom stereocenters. The van der Waals surface area contributed by atoms with Gasteiger partial charge in [0.25, 0.3) is 0 Å². The lowest BCUT2D eigenvalue weighted by Gasteiger charge is -2.14. The molecule has 4 rings (SSSR count). The number of amides is 1. The summed E-state index contributed by atoms with van der Waals surface area (Å²) >= 11 is 9.26. The van der Waals surface area contributed by atoms with E-state index in [2.05, 4.69) is 15.3 Å². The van der Waals surface area contributed by atoms with Crippen molar-refractivity contribution in [3.05, 3.63) is 39.5 Å². The van der Waals surface area contributed by atoms with Crippen LogP contribution in [0.25, 0.3) is 10.2 Å². The molecule has 2 aromatic heterocycles. The van der Waals surface area contributed by atoms with Crippen molar-refractivity contribution in [1.29, 1.82) is 0 Å². The molecule has 11 heteroatoms. The van der Waals surface area contributed by atoms with Crippen molar-refractivity contribution in [2.24, 2.45) is 0 Å². The maximum absolute atomic E-state index is 12.6. The number of halogens is 1. The number of fused-ring (bicyclic) bond motifs is 3. The average Bonchev–Trinajstić information content (AvgIpc) is 3.28. The first-order valence-corrected chi connectivity index (χ1v) is 13.2. The topological polar surface area (TPSA) is 92.3 Å². The van der Waals surface area contributed by atoms with Crippen molar-refractivity contribution < 1.29 is 13.2 Å². The van der Waals surface area contributed by atoms with Crippen molar-refractivity contribution in [2.45, 2.75) is 36.1 Å². The minimum atomic E-state index is -3.63. The van der Waals surface area contributed by atoms with Crippen LogP contribution in [-0.4, -0.2) is 48.4 Å². The molecule has 0 radical (unpaired) electrons. The number of aromatic nitrogens is 2. The Bertz CT molecular complexity index is 1290. The number of thiophene rings is 1. The molecule has 0 saturated carbocycles. The van der Waals surface area contributed by atoms with E-state index in [1.54, 1.807) is 11.3 Å². The minimum absolute atomic E-state index is 0.0619. The van der Waals surface area contributed by atoms with E-state index in [1.807, 2.05) is 6.92 Å². The fourth-order valence-corrected chi connectivity index (χ4v) is 6.83. The SMILES string of the molecule is Cc1nc(SCC(=O)Nc2cc(S(=O)(=O)N(C)C)ccc2Cl)c2c3c(sc2n1)CCC3. The number of carbonyl (C=O) groups is 1. The molecule has 0 bridgehead atoms. The summed E-state index contributed by atoms with van der Waals surface area (Å²) in [7, 11) is -0.736. The third kappa shape index (κ3) is 4.45. The van der Waals surface area contributed by atoms with E-state index in [0.717, 1.165) is 38.8 Å². The number of hydrogen-bond donors (Lipinski definition) is 1. The lowest BCUT2D eigenvalue weighted by Crippen LogP contribution is -2.22. The van der Waals surface area contributed by atoms with Crippen molar-refractivity contribution >= 4 is 66.5 Å². The van der Waals surface area contributed by atoms with Crippen molar-refractivity contribution in [3.8, 4) is 0 Å². The minimum Gasteiger partial charge on any atom is -0.324 e. The van der Waals surface area contributed by atoms with Gasteiger partial charge >= 0.3 is 0 Å². The van der Waals surface area contributed by atoms with Crippen molar-refractivity contribution in [3.63, 3.8) is 0 Å². The zero-order chi connectivity index (χ0) is 22.3. The highest BCUT2D eigenvalue weighted by Crippen LogP contribution is 2.40. The van der Waals surface area contributed by atoms with Gasteiger partial charge in [0.1, 0.15) is 15.7 Å². The Hall–Kier alpha value is -1.72. The van der Waals surface area contributed by atoms with E-state index in [0.29, 0.717) is 5.82 Å². The number of hydrogen-bond acceptors (Lipinski definition) is 7. The van der Waals surface area contributed by atoms with E-state index < -0.39 is 10.0 Å². The first-order valence-electron chi connectivity index (χ1n) is 9.60. The van der Waals surface area contributed by atoms with Gasteiger partial charge in [0.15, 0.2) is 0 Å². The zero-order valence-corrected chi connectivity index (χ0v) is 20.4. The van der Waals surface area contributed by atoms with Crippen LogP contribution in [0.2, 0.25) is 5.02 Å². The van der Waals surface area contributed by atoms with Crippen LogP contribution in [0.1, 0.15) is 22.7 Å². The molecule has 1 aromatic carbocycles. The fourth-order valence-electron chi connectivity index (χ4n) is 3.46. The van der Waals surface area contributed by atoms with Gasteiger partial charge in [0, 0.05) is 24.4 Å². The Morgan fingerprint density at radius 1 is 1.29 bits per heavy atom. The second kappa shape index (κ2) is 8.67. The number of nitrogens with one attached hydrogen (secondary N) is 1. The van der Waals surface area contributed by atoms with Crippen LogP contribution in [0.15, 0.2) is 28.1 Å². The van der Waals surface area contributed by atoms with Crippen LogP contribution in [0.3, 0.4) is 0 Å². The standard InChI is InChI=1S/C20H21ClN4O3S3/c1-11-22-19(18-13-5-4-6-16(13)30-20(18)23-11)29-10-17(26)24-15-9-12(7-8-14(15)21)31(27,28)25(2)3/h7-9H,4-6,10H2,1-3H3,(H,24,26). The van der Waals surface area contributed by atoms with Crippen LogP contribution in [0.5, 0.6) is 0 Å². The van der Waals surface area contributed by atoms with Gasteiger partial charge in [0.05, 0.1) is 21.4 Å². The van der Waals surface area contributed by atoms with Crippen LogP contribution < -0.4 is 5.32 Å². The summed E-state index contributed by atoms with van der Waals surface area (Å²) in [6, 6.07) is 4.26. The summed E-state index contributed by atoms with van der Waals surface area (Å²) in [5.74, 6) is 0.513. The lowest BCUT2D eigenvalue weighted by atomic mass is 10.2. The van der Waals surface area contributed by atoms with Crippen LogP contribution in [0, 0.1) is 6.92 Å². The van der Waals surface area contributed by atoms with E-state index >= 15 is 0 Å². The summed E-state index contributed by atoms with van der Waals surface area (Å²) < 4.78 is 25.8. The molecule has 7 nitrogen and oxygen atoms in total.